The lowest BCUT2D eigenvalue weighted by molar-refractivity contribution is -0.172. The molecule has 0 aliphatic rings. The average molecular weight is 252 g/mol. The molecule has 0 fully saturated rings. The molecule has 0 aromatic rings. The number of esters is 2. The Morgan fingerprint density at radius 3 is 2.44 bits per heavy atom. The number of hydrogen-bond acceptors (Lipinski definition) is 4. The molecule has 0 aliphatic heterocycles. The van der Waals surface area contributed by atoms with E-state index >= 15 is 0 Å². The van der Waals surface area contributed by atoms with E-state index in [1.165, 1.54) is 13.0 Å². The fraction of sp³-hybridized carbons (Fsp3) is 0.571. The highest BCUT2D eigenvalue weighted by Crippen LogP contribution is 2.26. The highest BCUT2D eigenvalue weighted by atomic mass is 16.6. The molecule has 18 heavy (non-hydrogen) atoms. The minimum atomic E-state index is -1.33. The van der Waals surface area contributed by atoms with E-state index in [-0.39, 0.29) is 13.0 Å². The van der Waals surface area contributed by atoms with Crippen LogP contribution in [-0.4, -0.2) is 24.6 Å². The Hall–Kier alpha value is -1.76. The summed E-state index contributed by atoms with van der Waals surface area (Å²) in [4.78, 5) is 23.8. The minimum Gasteiger partial charge on any atom is -0.457 e. The molecular weight excluding hydrogens is 232 g/mol. The van der Waals surface area contributed by atoms with E-state index in [0.717, 1.165) is 0 Å². The summed E-state index contributed by atoms with van der Waals surface area (Å²) in [5.41, 5.74) is -1.33. The molecule has 0 rings (SSSR count). The summed E-state index contributed by atoms with van der Waals surface area (Å²) < 4.78 is 10.0. The van der Waals surface area contributed by atoms with Gasteiger partial charge in [-0.25, -0.2) is 0 Å². The number of ether oxygens (including phenoxy) is 2. The van der Waals surface area contributed by atoms with E-state index in [0.29, 0.717) is 6.42 Å². The number of carbonyl (C=O) groups is 2. The van der Waals surface area contributed by atoms with E-state index in [1.54, 1.807) is 6.92 Å². The van der Waals surface area contributed by atoms with Crippen molar-refractivity contribution in [2.24, 2.45) is 5.41 Å². The summed E-state index contributed by atoms with van der Waals surface area (Å²) in [6, 6.07) is 0. The molecule has 0 heterocycles. The van der Waals surface area contributed by atoms with Gasteiger partial charge in [0.15, 0.2) is 12.0 Å². The first-order valence-corrected chi connectivity index (χ1v) is 5.90. The standard InChI is InChI=1S/C14H20O4/c1-6-10-17-12(15)14(5,9-4)13(16)18-11(7-2)8-3/h1,7,11H,2,8-10H2,3-5H3. The SMILES string of the molecule is C#CCOC(=O)C(C)(CC)C(=O)OC(C=C)CC. The van der Waals surface area contributed by atoms with Crippen molar-refractivity contribution in [1.29, 1.82) is 0 Å². The van der Waals surface area contributed by atoms with Gasteiger partial charge in [-0.3, -0.25) is 9.59 Å². The van der Waals surface area contributed by atoms with Crippen LogP contribution in [0.25, 0.3) is 0 Å². The van der Waals surface area contributed by atoms with Crippen LogP contribution in [-0.2, 0) is 19.1 Å². The largest absolute Gasteiger partial charge is 0.457 e. The van der Waals surface area contributed by atoms with Crippen molar-refractivity contribution in [3.63, 3.8) is 0 Å². The van der Waals surface area contributed by atoms with Crippen molar-refractivity contribution >= 4 is 11.9 Å². The van der Waals surface area contributed by atoms with Crippen molar-refractivity contribution in [2.45, 2.75) is 39.7 Å². The van der Waals surface area contributed by atoms with Gasteiger partial charge in [0.1, 0.15) is 6.10 Å². The Labute approximate surface area is 108 Å². The van der Waals surface area contributed by atoms with Gasteiger partial charge in [0.2, 0.25) is 0 Å². The summed E-state index contributed by atoms with van der Waals surface area (Å²) in [7, 11) is 0. The van der Waals surface area contributed by atoms with E-state index in [1.807, 2.05) is 6.92 Å². The van der Waals surface area contributed by atoms with Crippen LogP contribution in [0.2, 0.25) is 0 Å². The fourth-order valence-electron chi connectivity index (χ4n) is 1.20. The molecular formula is C14H20O4. The molecule has 100 valence electrons. The zero-order valence-electron chi connectivity index (χ0n) is 11.2. The zero-order chi connectivity index (χ0) is 14.2. The fourth-order valence-corrected chi connectivity index (χ4v) is 1.20. The Balaban J connectivity index is 4.82. The molecule has 0 spiro atoms. The van der Waals surface area contributed by atoms with Gasteiger partial charge in [0, 0.05) is 0 Å². The van der Waals surface area contributed by atoms with Gasteiger partial charge in [-0.05, 0) is 19.8 Å². The Morgan fingerprint density at radius 1 is 1.44 bits per heavy atom. The third kappa shape index (κ3) is 3.92. The van der Waals surface area contributed by atoms with E-state index < -0.39 is 23.5 Å². The maximum absolute atomic E-state index is 12.0. The van der Waals surface area contributed by atoms with Crippen molar-refractivity contribution in [2.75, 3.05) is 6.61 Å². The Bertz CT molecular complexity index is 353. The normalized spacial score (nSPS) is 14.8. The highest BCUT2D eigenvalue weighted by Gasteiger charge is 2.43. The number of terminal acetylenes is 1. The van der Waals surface area contributed by atoms with Gasteiger partial charge in [-0.15, -0.1) is 6.42 Å². The molecule has 0 bridgehead atoms. The second-order valence-corrected chi connectivity index (χ2v) is 4.05. The van der Waals surface area contributed by atoms with Gasteiger partial charge in [-0.2, -0.15) is 0 Å². The third-order valence-electron chi connectivity index (χ3n) is 2.82. The molecule has 4 heteroatoms. The molecule has 2 unspecified atom stereocenters. The highest BCUT2D eigenvalue weighted by molar-refractivity contribution is 5.99. The van der Waals surface area contributed by atoms with Gasteiger partial charge in [0.25, 0.3) is 0 Å². The topological polar surface area (TPSA) is 52.6 Å². The minimum absolute atomic E-state index is 0.152. The summed E-state index contributed by atoms with van der Waals surface area (Å²) in [5.74, 6) is 0.913. The van der Waals surface area contributed by atoms with E-state index in [4.69, 9.17) is 15.9 Å². The Kier molecular flexibility index (Phi) is 6.81. The summed E-state index contributed by atoms with van der Waals surface area (Å²) in [6.45, 7) is 8.48. The monoisotopic (exact) mass is 252 g/mol. The van der Waals surface area contributed by atoms with Crippen LogP contribution in [0.1, 0.15) is 33.6 Å². The molecule has 0 aromatic heterocycles. The summed E-state index contributed by atoms with van der Waals surface area (Å²) >= 11 is 0. The number of hydrogen-bond donors (Lipinski definition) is 0. The lowest BCUT2D eigenvalue weighted by Crippen LogP contribution is -2.40. The number of rotatable bonds is 7. The maximum atomic E-state index is 12.0. The van der Waals surface area contributed by atoms with Crippen molar-refractivity contribution in [3.8, 4) is 12.3 Å². The molecule has 0 saturated carbocycles. The van der Waals surface area contributed by atoms with Gasteiger partial charge < -0.3 is 9.47 Å². The summed E-state index contributed by atoms with van der Waals surface area (Å²) in [5, 5.41) is 0. The molecule has 0 saturated heterocycles. The van der Waals surface area contributed by atoms with Gasteiger partial charge >= 0.3 is 11.9 Å². The van der Waals surface area contributed by atoms with E-state index in [2.05, 4.69) is 12.5 Å². The predicted octanol–water partition coefficient (Wildman–Crippen LogP) is 2.09. The quantitative estimate of drug-likeness (QED) is 0.301. The first kappa shape index (κ1) is 16.2. The van der Waals surface area contributed by atoms with E-state index in [9.17, 15) is 9.59 Å². The second kappa shape index (κ2) is 7.54. The molecule has 4 nitrogen and oxygen atoms in total. The van der Waals surface area contributed by atoms with Crippen LogP contribution < -0.4 is 0 Å². The lowest BCUT2D eigenvalue weighted by atomic mass is 9.87. The molecule has 0 radical (unpaired) electrons. The molecule has 0 amide bonds. The van der Waals surface area contributed by atoms with Crippen molar-refractivity contribution < 1.29 is 19.1 Å². The Morgan fingerprint density at radius 2 is 2.06 bits per heavy atom. The smallest absolute Gasteiger partial charge is 0.324 e. The maximum Gasteiger partial charge on any atom is 0.324 e. The van der Waals surface area contributed by atoms with Crippen molar-refractivity contribution in [3.05, 3.63) is 12.7 Å². The first-order valence-electron chi connectivity index (χ1n) is 5.90. The lowest BCUT2D eigenvalue weighted by Gasteiger charge is -2.25. The van der Waals surface area contributed by atoms with Crippen LogP contribution in [0, 0.1) is 17.8 Å². The van der Waals surface area contributed by atoms with Gasteiger partial charge in [0.05, 0.1) is 0 Å². The van der Waals surface area contributed by atoms with Crippen LogP contribution in [0.3, 0.4) is 0 Å². The van der Waals surface area contributed by atoms with Crippen molar-refractivity contribution in [1.82, 2.24) is 0 Å². The van der Waals surface area contributed by atoms with Crippen LogP contribution in [0.15, 0.2) is 12.7 Å². The molecule has 0 aromatic carbocycles. The summed E-state index contributed by atoms with van der Waals surface area (Å²) in [6.07, 6.45) is 7.02. The van der Waals surface area contributed by atoms with Crippen LogP contribution in [0.5, 0.6) is 0 Å². The average Bonchev–Trinajstić information content (AvgIpc) is 2.40. The molecule has 2 atom stereocenters. The third-order valence-corrected chi connectivity index (χ3v) is 2.82. The zero-order valence-corrected chi connectivity index (χ0v) is 11.2. The predicted molar refractivity (Wildman–Crippen MR) is 68.6 cm³/mol. The second-order valence-electron chi connectivity index (χ2n) is 4.05. The van der Waals surface area contributed by atoms with Crippen LogP contribution >= 0.6 is 0 Å². The van der Waals surface area contributed by atoms with Crippen LogP contribution in [0.4, 0.5) is 0 Å². The number of carbonyl (C=O) groups excluding carboxylic acids is 2. The molecule has 0 N–H and O–H groups in total. The molecule has 0 aliphatic carbocycles. The first-order chi connectivity index (χ1) is 8.46. The van der Waals surface area contributed by atoms with Gasteiger partial charge in [-0.1, -0.05) is 32.4 Å².